The topological polar surface area (TPSA) is 86.0 Å². The second kappa shape index (κ2) is 7.27. The summed E-state index contributed by atoms with van der Waals surface area (Å²) >= 11 is 0. The van der Waals surface area contributed by atoms with Crippen LogP contribution in [0.3, 0.4) is 0 Å². The number of anilines is 3. The summed E-state index contributed by atoms with van der Waals surface area (Å²) in [6.45, 7) is 0. The van der Waals surface area contributed by atoms with E-state index in [0.29, 0.717) is 11.3 Å². The standard InChI is InChI=1S/C20H14F3N5O/c21-20(22,23)13-6-2-7-14(10-13)28-18-16(24)19(27-11-26-18)29-15-8-1-4-12-5-3-9-25-17(12)15/h1-11H,24H2,(H,26,27,28). The Morgan fingerprint density at radius 1 is 0.931 bits per heavy atom. The Hall–Kier alpha value is -3.88. The molecule has 0 aliphatic rings. The largest absolute Gasteiger partial charge is 0.435 e. The molecule has 29 heavy (non-hydrogen) atoms. The molecule has 0 bridgehead atoms. The van der Waals surface area contributed by atoms with Gasteiger partial charge in [0, 0.05) is 17.3 Å². The molecule has 2 aromatic carbocycles. The van der Waals surface area contributed by atoms with E-state index in [4.69, 9.17) is 10.5 Å². The van der Waals surface area contributed by atoms with E-state index in [-0.39, 0.29) is 23.1 Å². The minimum Gasteiger partial charge on any atom is -0.435 e. The fourth-order valence-corrected chi connectivity index (χ4v) is 2.73. The molecular weight excluding hydrogens is 383 g/mol. The number of nitrogens with zero attached hydrogens (tertiary/aromatic N) is 3. The number of fused-ring (bicyclic) bond motifs is 1. The number of benzene rings is 2. The molecule has 3 N–H and O–H groups in total. The van der Waals surface area contributed by atoms with Gasteiger partial charge in [-0.25, -0.2) is 4.98 Å². The highest BCUT2D eigenvalue weighted by Gasteiger charge is 2.30. The molecule has 4 aromatic rings. The molecule has 0 saturated heterocycles. The van der Waals surface area contributed by atoms with Crippen molar-refractivity contribution in [1.29, 1.82) is 0 Å². The number of nitrogens with two attached hydrogens (primary N) is 1. The monoisotopic (exact) mass is 397 g/mol. The second-order valence-corrected chi connectivity index (χ2v) is 6.08. The van der Waals surface area contributed by atoms with E-state index in [1.807, 2.05) is 18.2 Å². The maximum atomic E-state index is 12.9. The number of ether oxygens (including phenoxy) is 1. The Balaban J connectivity index is 1.64. The van der Waals surface area contributed by atoms with E-state index in [2.05, 4.69) is 20.3 Å². The zero-order chi connectivity index (χ0) is 20.4. The van der Waals surface area contributed by atoms with Crippen LogP contribution in [0.2, 0.25) is 0 Å². The van der Waals surface area contributed by atoms with Crippen LogP contribution in [-0.2, 0) is 6.18 Å². The molecule has 0 saturated carbocycles. The van der Waals surface area contributed by atoms with Crippen LogP contribution in [0.4, 0.5) is 30.4 Å². The summed E-state index contributed by atoms with van der Waals surface area (Å²) in [7, 11) is 0. The number of hydrogen-bond acceptors (Lipinski definition) is 6. The summed E-state index contributed by atoms with van der Waals surface area (Å²) in [5.41, 5.74) is 6.17. The molecule has 0 radical (unpaired) electrons. The quantitative estimate of drug-likeness (QED) is 0.495. The van der Waals surface area contributed by atoms with Gasteiger partial charge in [0.1, 0.15) is 17.5 Å². The summed E-state index contributed by atoms with van der Waals surface area (Å²) in [6, 6.07) is 13.8. The van der Waals surface area contributed by atoms with Gasteiger partial charge in [0.15, 0.2) is 11.6 Å². The van der Waals surface area contributed by atoms with Crippen LogP contribution in [0, 0.1) is 0 Å². The molecule has 146 valence electrons. The Morgan fingerprint density at radius 2 is 1.72 bits per heavy atom. The highest BCUT2D eigenvalue weighted by atomic mass is 19.4. The van der Waals surface area contributed by atoms with Crippen molar-refractivity contribution in [3.63, 3.8) is 0 Å². The van der Waals surface area contributed by atoms with Crippen molar-refractivity contribution in [2.45, 2.75) is 6.18 Å². The Kier molecular flexibility index (Phi) is 4.63. The van der Waals surface area contributed by atoms with Gasteiger partial charge in [0.25, 0.3) is 0 Å². The van der Waals surface area contributed by atoms with Crippen LogP contribution < -0.4 is 15.8 Å². The van der Waals surface area contributed by atoms with Gasteiger partial charge in [0.05, 0.1) is 5.56 Å². The van der Waals surface area contributed by atoms with Crippen LogP contribution in [0.25, 0.3) is 10.9 Å². The first-order chi connectivity index (χ1) is 13.9. The van der Waals surface area contributed by atoms with E-state index in [9.17, 15) is 13.2 Å². The number of pyridine rings is 1. The van der Waals surface area contributed by atoms with Gasteiger partial charge in [-0.3, -0.25) is 4.98 Å². The lowest BCUT2D eigenvalue weighted by atomic mass is 10.2. The lowest BCUT2D eigenvalue weighted by molar-refractivity contribution is -0.137. The molecule has 6 nitrogen and oxygen atoms in total. The normalized spacial score (nSPS) is 11.4. The summed E-state index contributed by atoms with van der Waals surface area (Å²) in [5.74, 6) is 0.633. The van der Waals surface area contributed by atoms with Gasteiger partial charge in [-0.05, 0) is 30.3 Å². The predicted octanol–water partition coefficient (Wildman–Crippen LogP) is 5.16. The molecule has 9 heteroatoms. The molecular formula is C20H14F3N5O. The van der Waals surface area contributed by atoms with Crippen LogP contribution in [-0.4, -0.2) is 15.0 Å². The van der Waals surface area contributed by atoms with Gasteiger partial charge in [0.2, 0.25) is 5.88 Å². The highest BCUT2D eigenvalue weighted by molar-refractivity contribution is 5.84. The van der Waals surface area contributed by atoms with E-state index in [1.165, 1.54) is 18.5 Å². The summed E-state index contributed by atoms with van der Waals surface area (Å²) in [5, 5.41) is 3.65. The first kappa shape index (κ1) is 18.5. The number of aromatic nitrogens is 3. The van der Waals surface area contributed by atoms with Crippen molar-refractivity contribution < 1.29 is 17.9 Å². The smallest absolute Gasteiger partial charge is 0.416 e. The maximum Gasteiger partial charge on any atom is 0.416 e. The number of para-hydroxylation sites is 1. The fourth-order valence-electron chi connectivity index (χ4n) is 2.73. The third-order valence-corrected chi connectivity index (χ3v) is 4.10. The van der Waals surface area contributed by atoms with E-state index < -0.39 is 11.7 Å². The molecule has 0 fully saturated rings. The minimum absolute atomic E-state index is 0.0536. The van der Waals surface area contributed by atoms with Gasteiger partial charge in [-0.15, -0.1) is 0 Å². The van der Waals surface area contributed by atoms with Crippen molar-refractivity contribution in [2.75, 3.05) is 11.1 Å². The molecule has 4 rings (SSSR count). The van der Waals surface area contributed by atoms with E-state index >= 15 is 0 Å². The third-order valence-electron chi connectivity index (χ3n) is 4.10. The summed E-state index contributed by atoms with van der Waals surface area (Å²) in [4.78, 5) is 12.3. The molecule has 0 aliphatic heterocycles. The number of hydrogen-bond donors (Lipinski definition) is 2. The fraction of sp³-hybridized carbons (Fsp3) is 0.0500. The minimum atomic E-state index is -4.45. The van der Waals surface area contributed by atoms with Gasteiger partial charge in [-0.1, -0.05) is 24.3 Å². The number of rotatable bonds is 4. The molecule has 0 amide bonds. The van der Waals surface area contributed by atoms with Crippen molar-refractivity contribution in [1.82, 2.24) is 15.0 Å². The van der Waals surface area contributed by atoms with Crippen molar-refractivity contribution in [2.24, 2.45) is 0 Å². The average Bonchev–Trinajstić information content (AvgIpc) is 2.71. The Morgan fingerprint density at radius 3 is 2.55 bits per heavy atom. The van der Waals surface area contributed by atoms with Crippen LogP contribution in [0.5, 0.6) is 11.6 Å². The first-order valence-corrected chi connectivity index (χ1v) is 8.48. The number of alkyl halides is 3. The van der Waals surface area contributed by atoms with Gasteiger partial charge < -0.3 is 15.8 Å². The second-order valence-electron chi connectivity index (χ2n) is 6.08. The van der Waals surface area contributed by atoms with E-state index in [1.54, 1.807) is 18.3 Å². The molecule has 0 aliphatic carbocycles. The van der Waals surface area contributed by atoms with E-state index in [0.717, 1.165) is 17.5 Å². The van der Waals surface area contributed by atoms with Crippen LogP contribution >= 0.6 is 0 Å². The molecule has 0 spiro atoms. The third kappa shape index (κ3) is 3.88. The van der Waals surface area contributed by atoms with Gasteiger partial charge >= 0.3 is 6.18 Å². The van der Waals surface area contributed by atoms with Crippen molar-refractivity contribution in [3.8, 4) is 11.6 Å². The lowest BCUT2D eigenvalue weighted by Crippen LogP contribution is -2.06. The molecule has 0 atom stereocenters. The first-order valence-electron chi connectivity index (χ1n) is 8.48. The van der Waals surface area contributed by atoms with Crippen molar-refractivity contribution >= 4 is 28.1 Å². The lowest BCUT2D eigenvalue weighted by Gasteiger charge is -2.13. The maximum absolute atomic E-state index is 12.9. The Labute approximate surface area is 163 Å². The SMILES string of the molecule is Nc1c(Nc2cccc(C(F)(F)F)c2)ncnc1Oc1cccc2cccnc12. The Bertz CT molecular complexity index is 1170. The zero-order valence-corrected chi connectivity index (χ0v) is 14.8. The van der Waals surface area contributed by atoms with Crippen molar-refractivity contribution in [3.05, 3.63) is 72.7 Å². The summed E-state index contributed by atoms with van der Waals surface area (Å²) in [6.07, 6.45) is -1.61. The van der Waals surface area contributed by atoms with Gasteiger partial charge in [-0.2, -0.15) is 18.2 Å². The number of nitrogen functional groups attached to an aromatic ring is 1. The average molecular weight is 397 g/mol. The molecule has 0 unspecified atom stereocenters. The highest BCUT2D eigenvalue weighted by Crippen LogP contribution is 2.35. The van der Waals surface area contributed by atoms with Crippen LogP contribution in [0.15, 0.2) is 67.1 Å². The molecule has 2 aromatic heterocycles. The molecule has 2 heterocycles. The predicted molar refractivity (Wildman–Crippen MR) is 103 cm³/mol. The zero-order valence-electron chi connectivity index (χ0n) is 14.8. The number of halogens is 3. The van der Waals surface area contributed by atoms with Crippen LogP contribution in [0.1, 0.15) is 5.56 Å². The summed E-state index contributed by atoms with van der Waals surface area (Å²) < 4.78 is 44.6. The number of nitrogens with one attached hydrogen (secondary N) is 1.